The summed E-state index contributed by atoms with van der Waals surface area (Å²) in [5.41, 5.74) is 0.830. The van der Waals surface area contributed by atoms with Crippen molar-refractivity contribution in [3.8, 4) is 0 Å². The minimum Gasteiger partial charge on any atom is -0.355 e. The number of nitrogens with zero attached hydrogens (tertiary/aromatic N) is 2. The molecule has 1 aliphatic heterocycles. The summed E-state index contributed by atoms with van der Waals surface area (Å²) in [5.74, 6) is 0.211. The summed E-state index contributed by atoms with van der Waals surface area (Å²) in [6.07, 6.45) is 6.84. The monoisotopic (exact) mass is 278 g/mol. The zero-order chi connectivity index (χ0) is 14.4. The molecule has 1 aromatic heterocycles. The van der Waals surface area contributed by atoms with E-state index in [1.165, 1.54) is 0 Å². The van der Waals surface area contributed by atoms with Crippen LogP contribution in [0.4, 0.5) is 0 Å². The Hall–Kier alpha value is -1.36. The van der Waals surface area contributed by atoms with Gasteiger partial charge in [-0.1, -0.05) is 13.3 Å². The maximum Gasteiger partial charge on any atom is 0.227 e. The van der Waals surface area contributed by atoms with Crippen LogP contribution < -0.4 is 10.6 Å². The van der Waals surface area contributed by atoms with E-state index in [9.17, 15) is 4.79 Å². The number of rotatable bonds is 6. The Kier molecular flexibility index (Phi) is 5.17. The quantitative estimate of drug-likeness (QED) is 0.823. The molecule has 0 bridgehead atoms. The predicted octanol–water partition coefficient (Wildman–Crippen LogP) is 1.25. The summed E-state index contributed by atoms with van der Waals surface area (Å²) in [5, 5.41) is 10.8. The molecule has 0 aromatic carbocycles. The Labute approximate surface area is 121 Å². The lowest BCUT2D eigenvalue weighted by Gasteiger charge is -2.36. The molecule has 1 amide bonds. The summed E-state index contributed by atoms with van der Waals surface area (Å²) in [6.45, 7) is 4.67. The van der Waals surface area contributed by atoms with Crippen molar-refractivity contribution in [1.82, 2.24) is 20.4 Å². The van der Waals surface area contributed by atoms with Crippen molar-refractivity contribution in [3.63, 3.8) is 0 Å². The van der Waals surface area contributed by atoms with E-state index in [-0.39, 0.29) is 11.3 Å². The number of piperidine rings is 1. The van der Waals surface area contributed by atoms with E-state index in [1.807, 2.05) is 19.3 Å². The fourth-order valence-corrected chi connectivity index (χ4v) is 3.06. The van der Waals surface area contributed by atoms with Crippen molar-refractivity contribution >= 4 is 5.91 Å². The van der Waals surface area contributed by atoms with Crippen molar-refractivity contribution in [3.05, 3.63) is 18.0 Å². The van der Waals surface area contributed by atoms with E-state index in [4.69, 9.17) is 0 Å². The zero-order valence-electron chi connectivity index (χ0n) is 12.6. The third kappa shape index (κ3) is 3.60. The van der Waals surface area contributed by atoms with Crippen LogP contribution in [0.25, 0.3) is 0 Å². The van der Waals surface area contributed by atoms with Crippen LogP contribution in [-0.4, -0.2) is 35.3 Å². The molecule has 0 saturated carbocycles. The lowest BCUT2D eigenvalue weighted by molar-refractivity contribution is -0.132. The summed E-state index contributed by atoms with van der Waals surface area (Å²) < 4.78 is 1.79. The first-order valence-electron chi connectivity index (χ1n) is 7.64. The molecule has 2 N–H and O–H groups in total. The van der Waals surface area contributed by atoms with E-state index in [0.29, 0.717) is 6.54 Å². The van der Waals surface area contributed by atoms with Crippen LogP contribution in [0, 0.1) is 5.41 Å². The highest BCUT2D eigenvalue weighted by molar-refractivity contribution is 5.83. The van der Waals surface area contributed by atoms with Crippen LogP contribution in [0.2, 0.25) is 0 Å². The first-order chi connectivity index (χ1) is 9.66. The molecular weight excluding hydrogens is 252 g/mol. The Morgan fingerprint density at radius 1 is 1.60 bits per heavy atom. The number of carbonyl (C=O) groups is 1. The maximum atomic E-state index is 12.5. The van der Waals surface area contributed by atoms with Gasteiger partial charge in [0, 0.05) is 32.8 Å². The fraction of sp³-hybridized carbons (Fsp3) is 0.733. The van der Waals surface area contributed by atoms with E-state index < -0.39 is 0 Å². The Balaban J connectivity index is 1.85. The topological polar surface area (TPSA) is 59.0 Å². The minimum absolute atomic E-state index is 0.197. The highest BCUT2D eigenvalue weighted by Gasteiger charge is 2.38. The standard InChI is InChI=1S/C15H26N4O/c1-3-7-15(8-4-9-16-12-15)14(20)17-10-5-13-6-11-19(2)18-13/h6,11,16H,3-5,7-10,12H2,1-2H3,(H,17,20). The van der Waals surface area contributed by atoms with Gasteiger partial charge < -0.3 is 10.6 Å². The number of aryl methyl sites for hydroxylation is 1. The second-order valence-electron chi connectivity index (χ2n) is 5.80. The second kappa shape index (κ2) is 6.88. The lowest BCUT2D eigenvalue weighted by atomic mass is 9.76. The third-order valence-electron chi connectivity index (χ3n) is 4.12. The summed E-state index contributed by atoms with van der Waals surface area (Å²) in [6, 6.07) is 2.00. The van der Waals surface area contributed by atoms with Gasteiger partial charge in [-0.25, -0.2) is 0 Å². The molecule has 5 heteroatoms. The molecule has 1 aliphatic rings. The van der Waals surface area contributed by atoms with Crippen LogP contribution in [-0.2, 0) is 18.3 Å². The van der Waals surface area contributed by atoms with Gasteiger partial charge in [-0.2, -0.15) is 5.10 Å². The van der Waals surface area contributed by atoms with Crippen LogP contribution in [0.1, 0.15) is 38.3 Å². The average Bonchev–Trinajstić information content (AvgIpc) is 2.86. The van der Waals surface area contributed by atoms with Crippen molar-refractivity contribution < 1.29 is 4.79 Å². The normalized spacial score (nSPS) is 22.7. The lowest BCUT2D eigenvalue weighted by Crippen LogP contribution is -2.50. The molecule has 2 heterocycles. The smallest absolute Gasteiger partial charge is 0.227 e. The molecule has 2 rings (SSSR count). The Morgan fingerprint density at radius 3 is 3.05 bits per heavy atom. The van der Waals surface area contributed by atoms with Crippen molar-refractivity contribution in [2.45, 2.75) is 39.0 Å². The van der Waals surface area contributed by atoms with Crippen molar-refractivity contribution in [1.29, 1.82) is 0 Å². The first-order valence-corrected chi connectivity index (χ1v) is 7.64. The van der Waals surface area contributed by atoms with Gasteiger partial charge >= 0.3 is 0 Å². The summed E-state index contributed by atoms with van der Waals surface area (Å²) >= 11 is 0. The second-order valence-corrected chi connectivity index (χ2v) is 5.80. The number of hydrogen-bond donors (Lipinski definition) is 2. The number of hydrogen-bond acceptors (Lipinski definition) is 3. The predicted molar refractivity (Wildman–Crippen MR) is 79.4 cm³/mol. The molecular formula is C15H26N4O. The molecule has 1 unspecified atom stereocenters. The van der Waals surface area contributed by atoms with Gasteiger partial charge in [0.25, 0.3) is 0 Å². The fourth-order valence-electron chi connectivity index (χ4n) is 3.06. The van der Waals surface area contributed by atoms with E-state index >= 15 is 0 Å². The zero-order valence-corrected chi connectivity index (χ0v) is 12.6. The number of carbonyl (C=O) groups excluding carboxylic acids is 1. The van der Waals surface area contributed by atoms with Gasteiger partial charge in [0.15, 0.2) is 0 Å². The molecule has 1 atom stereocenters. The van der Waals surface area contributed by atoms with Crippen molar-refractivity contribution in [2.24, 2.45) is 12.5 Å². The Morgan fingerprint density at radius 2 is 2.45 bits per heavy atom. The van der Waals surface area contributed by atoms with Gasteiger partial charge in [0.2, 0.25) is 5.91 Å². The van der Waals surface area contributed by atoms with Gasteiger partial charge in [-0.05, 0) is 31.9 Å². The highest BCUT2D eigenvalue weighted by Crippen LogP contribution is 2.31. The largest absolute Gasteiger partial charge is 0.355 e. The average molecular weight is 278 g/mol. The van der Waals surface area contributed by atoms with Crippen LogP contribution in [0.15, 0.2) is 12.3 Å². The van der Waals surface area contributed by atoms with Crippen LogP contribution in [0.5, 0.6) is 0 Å². The van der Waals surface area contributed by atoms with Gasteiger partial charge in [-0.3, -0.25) is 9.48 Å². The molecule has 20 heavy (non-hydrogen) atoms. The number of nitrogens with one attached hydrogen (secondary N) is 2. The highest BCUT2D eigenvalue weighted by atomic mass is 16.2. The van der Waals surface area contributed by atoms with Crippen LogP contribution in [0.3, 0.4) is 0 Å². The van der Waals surface area contributed by atoms with E-state index in [2.05, 4.69) is 22.7 Å². The molecule has 0 radical (unpaired) electrons. The molecule has 1 fully saturated rings. The SMILES string of the molecule is CCCC1(C(=O)NCCc2ccn(C)n2)CCCNC1. The van der Waals surface area contributed by atoms with E-state index in [1.54, 1.807) is 4.68 Å². The van der Waals surface area contributed by atoms with Gasteiger partial charge in [-0.15, -0.1) is 0 Å². The minimum atomic E-state index is -0.197. The number of aromatic nitrogens is 2. The number of amides is 1. The third-order valence-corrected chi connectivity index (χ3v) is 4.12. The molecule has 5 nitrogen and oxygen atoms in total. The van der Waals surface area contributed by atoms with E-state index in [0.717, 1.165) is 50.9 Å². The molecule has 1 aromatic rings. The van der Waals surface area contributed by atoms with Crippen molar-refractivity contribution in [2.75, 3.05) is 19.6 Å². The molecule has 1 saturated heterocycles. The molecule has 112 valence electrons. The first kappa shape index (κ1) is 15.0. The Bertz CT molecular complexity index is 429. The molecule has 0 aliphatic carbocycles. The summed E-state index contributed by atoms with van der Waals surface area (Å²) in [4.78, 5) is 12.5. The summed E-state index contributed by atoms with van der Waals surface area (Å²) in [7, 11) is 1.91. The maximum absolute atomic E-state index is 12.5. The molecule has 0 spiro atoms. The van der Waals surface area contributed by atoms with Crippen LogP contribution >= 0.6 is 0 Å². The van der Waals surface area contributed by atoms with Gasteiger partial charge in [0.1, 0.15) is 0 Å². The van der Waals surface area contributed by atoms with Gasteiger partial charge in [0.05, 0.1) is 11.1 Å².